The lowest BCUT2D eigenvalue weighted by Crippen LogP contribution is -2.15. The van der Waals surface area contributed by atoms with Crippen molar-refractivity contribution in [3.8, 4) is 0 Å². The standard InChI is InChI=1S/C5H12NO4P/c1-9-11(7,8)10-5-2-3-6-4-5/h5-6H,2-4H2,1H3,(H,7,8)/t5-/m1/s1. The first-order chi connectivity index (χ1) is 5.14. The molecule has 5 nitrogen and oxygen atoms in total. The van der Waals surface area contributed by atoms with E-state index in [4.69, 9.17) is 9.42 Å². The lowest BCUT2D eigenvalue weighted by Gasteiger charge is -2.13. The van der Waals surface area contributed by atoms with Crippen LogP contribution < -0.4 is 5.32 Å². The van der Waals surface area contributed by atoms with Gasteiger partial charge >= 0.3 is 7.82 Å². The van der Waals surface area contributed by atoms with Gasteiger partial charge in [-0.2, -0.15) is 0 Å². The van der Waals surface area contributed by atoms with Gasteiger partial charge in [-0.25, -0.2) is 4.57 Å². The highest BCUT2D eigenvalue weighted by Crippen LogP contribution is 2.44. The highest BCUT2D eigenvalue weighted by Gasteiger charge is 2.26. The Morgan fingerprint density at radius 2 is 2.45 bits per heavy atom. The Kier molecular flexibility index (Phi) is 3.04. The molecule has 1 saturated heterocycles. The molecule has 0 aromatic carbocycles. The van der Waals surface area contributed by atoms with Crippen LogP contribution in [0.25, 0.3) is 0 Å². The summed E-state index contributed by atoms with van der Waals surface area (Å²) < 4.78 is 19.9. The monoisotopic (exact) mass is 181 g/mol. The van der Waals surface area contributed by atoms with Gasteiger partial charge in [-0.1, -0.05) is 0 Å². The topological polar surface area (TPSA) is 67.8 Å². The van der Waals surface area contributed by atoms with Crippen molar-refractivity contribution in [3.05, 3.63) is 0 Å². The fourth-order valence-electron chi connectivity index (χ4n) is 0.950. The molecule has 1 rings (SSSR count). The number of phosphoric acid groups is 1. The number of nitrogens with one attached hydrogen (secondary N) is 1. The van der Waals surface area contributed by atoms with Gasteiger partial charge in [0.05, 0.1) is 6.10 Å². The minimum absolute atomic E-state index is 0.189. The van der Waals surface area contributed by atoms with E-state index < -0.39 is 7.82 Å². The van der Waals surface area contributed by atoms with Gasteiger partial charge in [0.1, 0.15) is 0 Å². The summed E-state index contributed by atoms with van der Waals surface area (Å²) in [4.78, 5) is 8.87. The maximum atomic E-state index is 10.8. The Bertz CT molecular complexity index is 168. The molecular weight excluding hydrogens is 169 g/mol. The van der Waals surface area contributed by atoms with Crippen molar-refractivity contribution in [3.63, 3.8) is 0 Å². The van der Waals surface area contributed by atoms with Crippen LogP contribution in [-0.2, 0) is 13.6 Å². The third kappa shape index (κ3) is 2.89. The summed E-state index contributed by atoms with van der Waals surface area (Å²) in [6.07, 6.45) is 0.569. The zero-order chi connectivity index (χ0) is 8.32. The van der Waals surface area contributed by atoms with Gasteiger partial charge in [0, 0.05) is 13.7 Å². The van der Waals surface area contributed by atoms with E-state index in [0.29, 0.717) is 6.54 Å². The average Bonchev–Trinajstić information content (AvgIpc) is 2.39. The summed E-state index contributed by atoms with van der Waals surface area (Å²) in [5.41, 5.74) is 0. The van der Waals surface area contributed by atoms with Gasteiger partial charge in [-0.15, -0.1) is 0 Å². The molecule has 11 heavy (non-hydrogen) atoms. The molecule has 1 aliphatic heterocycles. The number of hydrogen-bond acceptors (Lipinski definition) is 4. The van der Waals surface area contributed by atoms with Crippen molar-refractivity contribution in [2.75, 3.05) is 20.2 Å². The van der Waals surface area contributed by atoms with Crippen LogP contribution in [0.5, 0.6) is 0 Å². The molecule has 6 heteroatoms. The minimum Gasteiger partial charge on any atom is -0.314 e. The summed E-state index contributed by atoms with van der Waals surface area (Å²) in [6.45, 7) is 1.45. The SMILES string of the molecule is COP(=O)(O)O[C@@H]1CCNC1. The molecule has 2 N–H and O–H groups in total. The molecule has 1 heterocycles. The Hall–Kier alpha value is 0.0700. The smallest absolute Gasteiger partial charge is 0.314 e. The normalized spacial score (nSPS) is 30.2. The first-order valence-corrected chi connectivity index (χ1v) is 4.91. The van der Waals surface area contributed by atoms with E-state index in [0.717, 1.165) is 20.1 Å². The van der Waals surface area contributed by atoms with Gasteiger partial charge in [-0.3, -0.25) is 9.05 Å². The van der Waals surface area contributed by atoms with E-state index in [2.05, 4.69) is 9.84 Å². The molecule has 66 valence electrons. The largest absolute Gasteiger partial charge is 0.472 e. The maximum Gasteiger partial charge on any atom is 0.472 e. The van der Waals surface area contributed by atoms with Gasteiger partial charge < -0.3 is 10.2 Å². The van der Waals surface area contributed by atoms with Crippen LogP contribution in [0.2, 0.25) is 0 Å². The van der Waals surface area contributed by atoms with Crippen molar-refractivity contribution in [2.24, 2.45) is 0 Å². The fraction of sp³-hybridized carbons (Fsp3) is 1.00. The first kappa shape index (κ1) is 9.16. The highest BCUT2D eigenvalue weighted by atomic mass is 31.2. The second-order valence-corrected chi connectivity index (χ2v) is 3.88. The van der Waals surface area contributed by atoms with Crippen molar-refractivity contribution in [1.29, 1.82) is 0 Å². The van der Waals surface area contributed by atoms with Crippen LogP contribution in [-0.4, -0.2) is 31.2 Å². The Morgan fingerprint density at radius 1 is 1.73 bits per heavy atom. The Labute approximate surface area is 65.3 Å². The molecule has 0 radical (unpaired) electrons. The number of hydrogen-bond donors (Lipinski definition) is 2. The van der Waals surface area contributed by atoms with Gasteiger partial charge in [0.15, 0.2) is 0 Å². The Balaban J connectivity index is 2.34. The van der Waals surface area contributed by atoms with E-state index in [1.165, 1.54) is 0 Å². The lowest BCUT2D eigenvalue weighted by molar-refractivity contribution is 0.129. The molecule has 1 unspecified atom stereocenters. The van der Waals surface area contributed by atoms with E-state index in [1.54, 1.807) is 0 Å². The molecule has 0 saturated carbocycles. The first-order valence-electron chi connectivity index (χ1n) is 3.42. The van der Waals surface area contributed by atoms with Crippen LogP contribution in [0.1, 0.15) is 6.42 Å². The molecular formula is C5H12NO4P. The van der Waals surface area contributed by atoms with Crippen LogP contribution in [0.3, 0.4) is 0 Å². The number of rotatable bonds is 3. The Morgan fingerprint density at radius 3 is 2.91 bits per heavy atom. The van der Waals surface area contributed by atoms with Crippen molar-refractivity contribution < 1.29 is 18.5 Å². The van der Waals surface area contributed by atoms with Crippen LogP contribution in [0, 0.1) is 0 Å². The second kappa shape index (κ2) is 3.65. The molecule has 2 atom stereocenters. The quantitative estimate of drug-likeness (QED) is 0.605. The van der Waals surface area contributed by atoms with Gasteiger partial charge in [0.2, 0.25) is 0 Å². The molecule has 0 amide bonds. The van der Waals surface area contributed by atoms with Crippen molar-refractivity contribution >= 4 is 7.82 Å². The van der Waals surface area contributed by atoms with E-state index in [1.807, 2.05) is 0 Å². The fourth-order valence-corrected chi connectivity index (χ4v) is 1.59. The van der Waals surface area contributed by atoms with Crippen molar-refractivity contribution in [1.82, 2.24) is 5.32 Å². The average molecular weight is 181 g/mol. The van der Waals surface area contributed by atoms with Crippen molar-refractivity contribution in [2.45, 2.75) is 12.5 Å². The summed E-state index contributed by atoms with van der Waals surface area (Å²) in [5.74, 6) is 0. The van der Waals surface area contributed by atoms with Crippen LogP contribution in [0.4, 0.5) is 0 Å². The second-order valence-electron chi connectivity index (χ2n) is 2.37. The maximum absolute atomic E-state index is 10.8. The van der Waals surface area contributed by atoms with Crippen LogP contribution >= 0.6 is 7.82 Å². The molecule has 1 aliphatic rings. The van der Waals surface area contributed by atoms with E-state index in [9.17, 15) is 4.57 Å². The molecule has 1 fully saturated rings. The van der Waals surface area contributed by atoms with Gasteiger partial charge in [0.25, 0.3) is 0 Å². The molecule has 0 aromatic rings. The minimum atomic E-state index is -3.76. The lowest BCUT2D eigenvalue weighted by atomic mass is 10.3. The third-order valence-corrected chi connectivity index (χ3v) is 2.55. The summed E-state index contributed by atoms with van der Waals surface area (Å²) >= 11 is 0. The predicted molar refractivity (Wildman–Crippen MR) is 39.2 cm³/mol. The molecule has 0 aromatic heterocycles. The van der Waals surface area contributed by atoms with E-state index >= 15 is 0 Å². The number of phosphoric ester groups is 1. The molecule has 0 spiro atoms. The highest BCUT2D eigenvalue weighted by molar-refractivity contribution is 7.47. The van der Waals surface area contributed by atoms with Crippen LogP contribution in [0.15, 0.2) is 0 Å². The van der Waals surface area contributed by atoms with Gasteiger partial charge in [-0.05, 0) is 13.0 Å². The third-order valence-electron chi connectivity index (χ3n) is 1.53. The molecule has 0 bridgehead atoms. The molecule has 0 aliphatic carbocycles. The summed E-state index contributed by atoms with van der Waals surface area (Å²) in [6, 6.07) is 0. The summed E-state index contributed by atoms with van der Waals surface area (Å²) in [5, 5.41) is 3.01. The summed E-state index contributed by atoms with van der Waals surface area (Å²) in [7, 11) is -2.61. The zero-order valence-electron chi connectivity index (χ0n) is 6.32. The zero-order valence-corrected chi connectivity index (χ0v) is 7.21. The van der Waals surface area contributed by atoms with E-state index in [-0.39, 0.29) is 6.10 Å². The predicted octanol–water partition coefficient (Wildman–Crippen LogP) is 0.112.